The van der Waals surface area contributed by atoms with Crippen molar-refractivity contribution in [3.8, 4) is 0 Å². The molecule has 0 spiro atoms. The number of methoxy groups -OCH3 is 1. The molecule has 0 bridgehead atoms. The van der Waals surface area contributed by atoms with Crippen molar-refractivity contribution in [1.29, 1.82) is 0 Å². The lowest BCUT2D eigenvalue weighted by atomic mass is 10.0. The highest BCUT2D eigenvalue weighted by atomic mass is 19.2. The molecule has 2 heterocycles. The fraction of sp³-hybridized carbons (Fsp3) is 0.412. The molecular weight excluding hydrogens is 318 g/mol. The van der Waals surface area contributed by atoms with Crippen LogP contribution >= 0.6 is 0 Å². The number of hydrogen-bond donors (Lipinski definition) is 0. The molecule has 2 aromatic rings. The predicted octanol–water partition coefficient (Wildman–Crippen LogP) is 2.59. The second kappa shape index (κ2) is 6.68. The number of nitrogens with zero attached hydrogens (tertiary/aromatic N) is 2. The number of halogens is 2. The van der Waals surface area contributed by atoms with Crippen molar-refractivity contribution in [3.05, 3.63) is 52.9 Å². The van der Waals surface area contributed by atoms with Crippen molar-refractivity contribution < 1.29 is 22.8 Å². The SMILES string of the molecule is CO[C@H]1CN(C(=O)c2cccc(F)c2F)C[C@H]1Cc1cc(C)no1. The Morgan fingerprint density at radius 2 is 2.21 bits per heavy atom. The summed E-state index contributed by atoms with van der Waals surface area (Å²) in [5, 5.41) is 3.84. The van der Waals surface area contributed by atoms with Gasteiger partial charge in [-0.25, -0.2) is 8.78 Å². The fourth-order valence-electron chi connectivity index (χ4n) is 3.08. The molecule has 128 valence electrons. The highest BCUT2D eigenvalue weighted by molar-refractivity contribution is 5.94. The molecule has 0 aliphatic carbocycles. The summed E-state index contributed by atoms with van der Waals surface area (Å²) in [7, 11) is 1.57. The van der Waals surface area contributed by atoms with Crippen molar-refractivity contribution >= 4 is 5.91 Å². The summed E-state index contributed by atoms with van der Waals surface area (Å²) in [6.45, 7) is 2.54. The first-order valence-electron chi connectivity index (χ1n) is 7.68. The minimum Gasteiger partial charge on any atom is -0.379 e. The van der Waals surface area contributed by atoms with Crippen LogP contribution in [0.2, 0.25) is 0 Å². The molecule has 1 aliphatic rings. The summed E-state index contributed by atoms with van der Waals surface area (Å²) in [6.07, 6.45) is 0.366. The highest BCUT2D eigenvalue weighted by Crippen LogP contribution is 2.26. The third kappa shape index (κ3) is 3.17. The molecule has 1 amide bonds. The Labute approximate surface area is 138 Å². The minimum atomic E-state index is -1.12. The maximum absolute atomic E-state index is 13.9. The summed E-state index contributed by atoms with van der Waals surface area (Å²) in [5.74, 6) is -1.97. The number of likely N-dealkylation sites (tertiary alicyclic amines) is 1. The number of aromatic nitrogens is 1. The molecule has 0 unspecified atom stereocenters. The molecule has 1 saturated heterocycles. The van der Waals surface area contributed by atoms with Crippen LogP contribution < -0.4 is 0 Å². The van der Waals surface area contributed by atoms with Crippen LogP contribution in [0.3, 0.4) is 0 Å². The molecule has 1 fully saturated rings. The zero-order chi connectivity index (χ0) is 17.3. The maximum atomic E-state index is 13.9. The van der Waals surface area contributed by atoms with Gasteiger partial charge in [-0.2, -0.15) is 0 Å². The molecule has 2 atom stereocenters. The van der Waals surface area contributed by atoms with Gasteiger partial charge >= 0.3 is 0 Å². The highest BCUT2D eigenvalue weighted by Gasteiger charge is 2.37. The number of benzene rings is 1. The van der Waals surface area contributed by atoms with Crippen molar-refractivity contribution in [2.45, 2.75) is 19.4 Å². The average Bonchev–Trinajstić information content (AvgIpc) is 3.16. The largest absolute Gasteiger partial charge is 0.379 e. The molecule has 1 aliphatic heterocycles. The van der Waals surface area contributed by atoms with Gasteiger partial charge in [0.25, 0.3) is 5.91 Å². The van der Waals surface area contributed by atoms with E-state index in [4.69, 9.17) is 9.26 Å². The Morgan fingerprint density at radius 3 is 2.88 bits per heavy atom. The van der Waals surface area contributed by atoms with Crippen LogP contribution in [0.5, 0.6) is 0 Å². The summed E-state index contributed by atoms with van der Waals surface area (Å²) in [4.78, 5) is 14.0. The van der Waals surface area contributed by atoms with Gasteiger partial charge in [0.1, 0.15) is 5.76 Å². The van der Waals surface area contributed by atoms with Crippen LogP contribution in [0.4, 0.5) is 8.78 Å². The number of carbonyl (C=O) groups is 1. The number of rotatable bonds is 4. The summed E-state index contributed by atoms with van der Waals surface area (Å²) in [5.41, 5.74) is 0.521. The van der Waals surface area contributed by atoms with Gasteiger partial charge in [-0.05, 0) is 19.1 Å². The van der Waals surface area contributed by atoms with Crippen LogP contribution in [0.1, 0.15) is 21.8 Å². The zero-order valence-electron chi connectivity index (χ0n) is 13.5. The minimum absolute atomic E-state index is 0.00270. The Morgan fingerprint density at radius 1 is 1.42 bits per heavy atom. The van der Waals surface area contributed by atoms with Crippen LogP contribution in [-0.4, -0.2) is 42.3 Å². The lowest BCUT2D eigenvalue weighted by Crippen LogP contribution is -2.30. The Kier molecular flexibility index (Phi) is 4.62. The summed E-state index contributed by atoms with van der Waals surface area (Å²) < 4.78 is 37.9. The molecule has 1 aromatic heterocycles. The van der Waals surface area contributed by atoms with Gasteiger partial charge < -0.3 is 14.2 Å². The molecule has 24 heavy (non-hydrogen) atoms. The normalized spacial score (nSPS) is 20.6. The van der Waals surface area contributed by atoms with E-state index in [9.17, 15) is 13.6 Å². The van der Waals surface area contributed by atoms with Gasteiger partial charge in [0.2, 0.25) is 0 Å². The van der Waals surface area contributed by atoms with Gasteiger partial charge in [0.05, 0.1) is 17.4 Å². The van der Waals surface area contributed by atoms with Crippen molar-refractivity contribution in [3.63, 3.8) is 0 Å². The number of carbonyl (C=O) groups excluding carboxylic acids is 1. The Hall–Kier alpha value is -2.28. The second-order valence-corrected chi connectivity index (χ2v) is 5.98. The molecule has 7 heteroatoms. The predicted molar refractivity (Wildman–Crippen MR) is 81.5 cm³/mol. The lowest BCUT2D eigenvalue weighted by molar-refractivity contribution is 0.0669. The van der Waals surface area contributed by atoms with E-state index < -0.39 is 17.5 Å². The number of aryl methyl sites for hydroxylation is 1. The number of hydrogen-bond acceptors (Lipinski definition) is 4. The monoisotopic (exact) mass is 336 g/mol. The first-order valence-corrected chi connectivity index (χ1v) is 7.68. The van der Waals surface area contributed by atoms with Gasteiger partial charge in [0, 0.05) is 38.6 Å². The van der Waals surface area contributed by atoms with Gasteiger partial charge in [-0.3, -0.25) is 4.79 Å². The lowest BCUT2D eigenvalue weighted by Gasteiger charge is -2.16. The first-order chi connectivity index (χ1) is 11.5. The smallest absolute Gasteiger partial charge is 0.257 e. The van der Waals surface area contributed by atoms with E-state index in [-0.39, 0.29) is 17.6 Å². The van der Waals surface area contributed by atoms with E-state index in [0.29, 0.717) is 25.3 Å². The van der Waals surface area contributed by atoms with Crippen LogP contribution in [0.15, 0.2) is 28.8 Å². The Balaban J connectivity index is 1.75. The van der Waals surface area contributed by atoms with E-state index in [1.54, 1.807) is 7.11 Å². The summed E-state index contributed by atoms with van der Waals surface area (Å²) in [6, 6.07) is 5.44. The third-order valence-corrected chi connectivity index (χ3v) is 4.29. The van der Waals surface area contributed by atoms with Gasteiger partial charge in [-0.15, -0.1) is 0 Å². The molecule has 5 nitrogen and oxygen atoms in total. The number of ether oxygens (including phenoxy) is 1. The quantitative estimate of drug-likeness (QED) is 0.861. The van der Waals surface area contributed by atoms with E-state index in [1.807, 2.05) is 13.0 Å². The van der Waals surface area contributed by atoms with E-state index >= 15 is 0 Å². The van der Waals surface area contributed by atoms with Crippen molar-refractivity contribution in [2.75, 3.05) is 20.2 Å². The standard InChI is InChI=1S/C17H18F2N2O3/c1-10-6-12(24-20-10)7-11-8-21(9-15(11)23-2)17(22)13-4-3-5-14(18)16(13)19/h3-6,11,15H,7-9H2,1-2H3/t11-,15+/m1/s1. The van der Waals surface area contributed by atoms with Crippen molar-refractivity contribution in [1.82, 2.24) is 10.1 Å². The van der Waals surface area contributed by atoms with Crippen LogP contribution in [-0.2, 0) is 11.2 Å². The number of amides is 1. The zero-order valence-corrected chi connectivity index (χ0v) is 13.5. The maximum Gasteiger partial charge on any atom is 0.257 e. The van der Waals surface area contributed by atoms with E-state index in [2.05, 4.69) is 5.16 Å². The van der Waals surface area contributed by atoms with Gasteiger partial charge in [-0.1, -0.05) is 11.2 Å². The first kappa shape index (κ1) is 16.6. The summed E-state index contributed by atoms with van der Waals surface area (Å²) >= 11 is 0. The molecule has 0 saturated carbocycles. The second-order valence-electron chi connectivity index (χ2n) is 5.98. The molecule has 0 N–H and O–H groups in total. The average molecular weight is 336 g/mol. The third-order valence-electron chi connectivity index (χ3n) is 4.29. The van der Waals surface area contributed by atoms with Crippen LogP contribution in [0.25, 0.3) is 0 Å². The topological polar surface area (TPSA) is 55.6 Å². The molecule has 0 radical (unpaired) electrons. The van der Waals surface area contributed by atoms with E-state index in [0.717, 1.165) is 11.8 Å². The molecule has 3 rings (SSSR count). The van der Waals surface area contributed by atoms with Crippen LogP contribution in [0, 0.1) is 24.5 Å². The van der Waals surface area contributed by atoms with Gasteiger partial charge in [0.15, 0.2) is 11.6 Å². The molecular formula is C17H18F2N2O3. The Bertz CT molecular complexity index is 747. The fourth-order valence-corrected chi connectivity index (χ4v) is 3.08. The van der Waals surface area contributed by atoms with E-state index in [1.165, 1.54) is 17.0 Å². The van der Waals surface area contributed by atoms with Crippen molar-refractivity contribution in [2.24, 2.45) is 5.92 Å². The molecule has 1 aromatic carbocycles.